The Morgan fingerprint density at radius 1 is 1.03 bits per heavy atom. The summed E-state index contributed by atoms with van der Waals surface area (Å²) in [5.74, 6) is 2.27. The highest BCUT2D eigenvalue weighted by Crippen LogP contribution is 2.32. The molecule has 29 heavy (non-hydrogen) atoms. The van der Waals surface area contributed by atoms with Crippen LogP contribution in [0.3, 0.4) is 0 Å². The fourth-order valence-electron chi connectivity index (χ4n) is 2.64. The maximum atomic E-state index is 5.77. The van der Waals surface area contributed by atoms with Gasteiger partial charge in [0, 0.05) is 58.2 Å². The number of hydrogen-bond acceptors (Lipinski definition) is 6. The lowest BCUT2D eigenvalue weighted by Gasteiger charge is -2.14. The average molecular weight is 410 g/mol. The Bertz CT molecular complexity index is 598. The summed E-state index contributed by atoms with van der Waals surface area (Å²) in [7, 11) is 1.67. The Labute approximate surface area is 173 Å². The van der Waals surface area contributed by atoms with E-state index < -0.39 is 0 Å². The minimum absolute atomic E-state index is 0.609. The van der Waals surface area contributed by atoms with E-state index in [2.05, 4.69) is 15.6 Å². The number of fused-ring (bicyclic) bond motifs is 1. The minimum Gasteiger partial charge on any atom is -0.490 e. The highest BCUT2D eigenvalue weighted by Gasteiger charge is 2.11. The van der Waals surface area contributed by atoms with Gasteiger partial charge < -0.3 is 34.3 Å². The van der Waals surface area contributed by atoms with Crippen LogP contribution in [0.2, 0.25) is 0 Å². The summed E-state index contributed by atoms with van der Waals surface area (Å²) in [6.07, 6.45) is 2.64. The van der Waals surface area contributed by atoms with Crippen LogP contribution in [-0.4, -0.2) is 72.4 Å². The van der Waals surface area contributed by atoms with Gasteiger partial charge in [0.1, 0.15) is 0 Å². The van der Waals surface area contributed by atoms with Crippen LogP contribution in [0.4, 0.5) is 5.69 Å². The van der Waals surface area contributed by atoms with Crippen molar-refractivity contribution in [2.24, 2.45) is 4.99 Å². The van der Waals surface area contributed by atoms with E-state index >= 15 is 0 Å². The number of guanidine groups is 1. The lowest BCUT2D eigenvalue weighted by atomic mass is 10.2. The molecule has 1 aliphatic rings. The number of hydrogen-bond donors (Lipinski definition) is 2. The first-order valence-electron chi connectivity index (χ1n) is 10.4. The predicted octanol–water partition coefficient (Wildman–Crippen LogP) is 2.69. The second kappa shape index (κ2) is 14.9. The van der Waals surface area contributed by atoms with Gasteiger partial charge in [-0.2, -0.15) is 0 Å². The maximum Gasteiger partial charge on any atom is 0.195 e. The van der Waals surface area contributed by atoms with E-state index in [1.54, 1.807) is 7.11 Å². The van der Waals surface area contributed by atoms with Crippen LogP contribution in [0.25, 0.3) is 0 Å². The fraction of sp³-hybridized carbons (Fsp3) is 0.667. The largest absolute Gasteiger partial charge is 0.490 e. The molecule has 1 aromatic carbocycles. The summed E-state index contributed by atoms with van der Waals surface area (Å²) in [4.78, 5) is 4.66. The first kappa shape index (κ1) is 23.3. The fourth-order valence-corrected chi connectivity index (χ4v) is 2.64. The van der Waals surface area contributed by atoms with Crippen molar-refractivity contribution >= 4 is 11.6 Å². The van der Waals surface area contributed by atoms with E-state index in [0.29, 0.717) is 39.6 Å². The van der Waals surface area contributed by atoms with E-state index in [1.165, 1.54) is 0 Å². The monoisotopic (exact) mass is 409 g/mol. The zero-order valence-corrected chi connectivity index (χ0v) is 17.7. The van der Waals surface area contributed by atoms with E-state index in [-0.39, 0.29) is 0 Å². The van der Waals surface area contributed by atoms with Gasteiger partial charge in [0.15, 0.2) is 17.5 Å². The van der Waals surface area contributed by atoms with Gasteiger partial charge in [-0.3, -0.25) is 4.99 Å². The van der Waals surface area contributed by atoms with Gasteiger partial charge in [0.25, 0.3) is 0 Å². The number of nitrogens with one attached hydrogen (secondary N) is 2. The number of ether oxygens (including phenoxy) is 5. The third-order valence-electron chi connectivity index (χ3n) is 4.12. The molecule has 1 aromatic rings. The SMILES string of the molecule is CCOCCCNC(=NCCCOCCOC)Nc1ccc2c(c1)OCCCO2. The van der Waals surface area contributed by atoms with Crippen LogP contribution in [0, 0.1) is 0 Å². The second-order valence-corrected chi connectivity index (χ2v) is 6.50. The number of aliphatic imine (C=N–C) groups is 1. The van der Waals surface area contributed by atoms with Crippen molar-refractivity contribution in [2.45, 2.75) is 26.2 Å². The molecule has 0 bridgehead atoms. The van der Waals surface area contributed by atoms with Crippen molar-refractivity contribution in [2.75, 3.05) is 71.8 Å². The summed E-state index contributed by atoms with van der Waals surface area (Å²) in [6, 6.07) is 5.85. The number of nitrogens with zero attached hydrogens (tertiary/aromatic N) is 1. The highest BCUT2D eigenvalue weighted by molar-refractivity contribution is 5.93. The smallest absolute Gasteiger partial charge is 0.195 e. The minimum atomic E-state index is 0.609. The Hall–Kier alpha value is -2.03. The van der Waals surface area contributed by atoms with Gasteiger partial charge in [0.2, 0.25) is 0 Å². The van der Waals surface area contributed by atoms with Crippen LogP contribution in [0.15, 0.2) is 23.2 Å². The lowest BCUT2D eigenvalue weighted by molar-refractivity contribution is 0.0702. The van der Waals surface area contributed by atoms with Crippen molar-refractivity contribution in [3.8, 4) is 11.5 Å². The second-order valence-electron chi connectivity index (χ2n) is 6.50. The molecule has 0 unspecified atom stereocenters. The number of benzene rings is 1. The molecule has 1 aliphatic heterocycles. The summed E-state index contributed by atoms with van der Waals surface area (Å²) in [5, 5.41) is 6.71. The molecule has 0 amide bonds. The summed E-state index contributed by atoms with van der Waals surface area (Å²) in [6.45, 7) is 8.14. The van der Waals surface area contributed by atoms with Crippen molar-refractivity contribution in [3.63, 3.8) is 0 Å². The van der Waals surface area contributed by atoms with Crippen LogP contribution < -0.4 is 20.1 Å². The van der Waals surface area contributed by atoms with Gasteiger partial charge in [-0.1, -0.05) is 0 Å². The molecular weight excluding hydrogens is 374 g/mol. The number of methoxy groups -OCH3 is 1. The Balaban J connectivity index is 1.87. The molecule has 0 saturated carbocycles. The van der Waals surface area contributed by atoms with Gasteiger partial charge in [-0.05, 0) is 31.9 Å². The third kappa shape index (κ3) is 9.83. The molecule has 2 rings (SSSR count). The molecule has 0 radical (unpaired) electrons. The third-order valence-corrected chi connectivity index (χ3v) is 4.12. The summed E-state index contributed by atoms with van der Waals surface area (Å²) >= 11 is 0. The van der Waals surface area contributed by atoms with Crippen molar-refractivity contribution < 1.29 is 23.7 Å². The standard InChI is InChI=1S/C21H35N3O5/c1-3-26-11-4-9-22-21(23-10-5-12-27-16-15-25-2)24-18-7-8-19-20(17-18)29-14-6-13-28-19/h7-8,17H,3-6,9-16H2,1-2H3,(H2,22,23,24). The van der Waals surface area contributed by atoms with E-state index in [9.17, 15) is 0 Å². The molecule has 0 aliphatic carbocycles. The van der Waals surface area contributed by atoms with Gasteiger partial charge in [-0.25, -0.2) is 0 Å². The highest BCUT2D eigenvalue weighted by atomic mass is 16.5. The molecule has 1 heterocycles. The summed E-state index contributed by atoms with van der Waals surface area (Å²) < 4.78 is 27.3. The average Bonchev–Trinajstić information content (AvgIpc) is 2.97. The lowest BCUT2D eigenvalue weighted by Crippen LogP contribution is -2.32. The zero-order chi connectivity index (χ0) is 20.6. The van der Waals surface area contributed by atoms with Crippen molar-refractivity contribution in [1.29, 1.82) is 0 Å². The molecule has 0 atom stereocenters. The first-order chi connectivity index (χ1) is 14.3. The molecule has 0 spiro atoms. The molecule has 2 N–H and O–H groups in total. The normalized spacial score (nSPS) is 13.8. The van der Waals surface area contributed by atoms with Gasteiger partial charge >= 0.3 is 0 Å². The molecule has 0 fully saturated rings. The van der Waals surface area contributed by atoms with Crippen molar-refractivity contribution in [3.05, 3.63) is 18.2 Å². The molecule has 8 nitrogen and oxygen atoms in total. The van der Waals surface area contributed by atoms with Gasteiger partial charge in [-0.15, -0.1) is 0 Å². The quantitative estimate of drug-likeness (QED) is 0.294. The van der Waals surface area contributed by atoms with Crippen LogP contribution in [0.5, 0.6) is 11.5 Å². The molecule has 0 aromatic heterocycles. The molecule has 8 heteroatoms. The predicted molar refractivity (Wildman–Crippen MR) is 114 cm³/mol. The first-order valence-corrected chi connectivity index (χ1v) is 10.4. The van der Waals surface area contributed by atoms with Gasteiger partial charge in [0.05, 0.1) is 26.4 Å². The maximum absolute atomic E-state index is 5.77. The zero-order valence-electron chi connectivity index (χ0n) is 17.7. The Morgan fingerprint density at radius 2 is 1.86 bits per heavy atom. The molecule has 164 valence electrons. The number of rotatable bonds is 13. The molecular formula is C21H35N3O5. The van der Waals surface area contributed by atoms with E-state index in [0.717, 1.165) is 62.2 Å². The Kier molecular flexibility index (Phi) is 11.9. The Morgan fingerprint density at radius 3 is 2.69 bits per heavy atom. The van der Waals surface area contributed by atoms with Crippen LogP contribution in [-0.2, 0) is 14.2 Å². The number of anilines is 1. The summed E-state index contributed by atoms with van der Waals surface area (Å²) in [5.41, 5.74) is 0.904. The molecule has 0 saturated heterocycles. The topological polar surface area (TPSA) is 82.6 Å². The van der Waals surface area contributed by atoms with E-state index in [4.69, 9.17) is 23.7 Å². The van der Waals surface area contributed by atoms with Crippen molar-refractivity contribution in [1.82, 2.24) is 5.32 Å². The van der Waals surface area contributed by atoms with Crippen LogP contribution in [0.1, 0.15) is 26.2 Å². The van der Waals surface area contributed by atoms with Crippen LogP contribution >= 0.6 is 0 Å². The van der Waals surface area contributed by atoms with E-state index in [1.807, 2.05) is 25.1 Å².